The van der Waals surface area contributed by atoms with Gasteiger partial charge in [-0.05, 0) is 29.8 Å². The summed E-state index contributed by atoms with van der Waals surface area (Å²) in [7, 11) is -3.86. The monoisotopic (exact) mass is 408 g/mol. The third-order valence-corrected chi connectivity index (χ3v) is 5.92. The Morgan fingerprint density at radius 3 is 2.64 bits per heavy atom. The van der Waals surface area contributed by atoms with Gasteiger partial charge < -0.3 is 4.74 Å². The molecule has 0 amide bonds. The van der Waals surface area contributed by atoms with E-state index in [1.807, 2.05) is 0 Å². The molecule has 0 atom stereocenters. The molecule has 0 aliphatic carbocycles. The molecule has 0 spiro atoms. The topological polar surface area (TPSA) is 114 Å². The molecule has 1 aliphatic heterocycles. The number of nitro benzene ring substituents is 1. The van der Waals surface area contributed by atoms with Crippen LogP contribution >= 0.6 is 0 Å². The minimum atomic E-state index is -3.86. The largest absolute Gasteiger partial charge is 0.379 e. The standard InChI is InChI=1S/C17H17FN4O5S/c18-14-3-1-2-13(10-14)12-19-20-16-5-4-15(11-17(16)22(23)24)28(25,26)21-6-8-27-9-7-21/h1-5,10-12,20H,6-9H2/b19-12+. The van der Waals surface area contributed by atoms with Crippen LogP contribution in [0.1, 0.15) is 5.56 Å². The van der Waals surface area contributed by atoms with Gasteiger partial charge in [0.2, 0.25) is 10.0 Å². The molecule has 0 saturated carbocycles. The molecular formula is C17H17FN4O5S. The molecule has 3 rings (SSSR count). The summed E-state index contributed by atoms with van der Waals surface area (Å²) in [5.41, 5.74) is 2.53. The third kappa shape index (κ3) is 4.50. The van der Waals surface area contributed by atoms with Crippen molar-refractivity contribution in [3.63, 3.8) is 0 Å². The highest BCUT2D eigenvalue weighted by atomic mass is 32.2. The van der Waals surface area contributed by atoms with Crippen molar-refractivity contribution in [3.8, 4) is 0 Å². The van der Waals surface area contributed by atoms with Gasteiger partial charge in [0.05, 0.1) is 29.2 Å². The molecule has 9 nitrogen and oxygen atoms in total. The lowest BCUT2D eigenvalue weighted by atomic mass is 10.2. The Hall–Kier alpha value is -2.89. The van der Waals surface area contributed by atoms with Crippen molar-refractivity contribution >= 4 is 27.6 Å². The second-order valence-corrected chi connectivity index (χ2v) is 7.82. The van der Waals surface area contributed by atoms with Crippen LogP contribution in [0.4, 0.5) is 15.8 Å². The number of hydrazone groups is 1. The fourth-order valence-electron chi connectivity index (χ4n) is 2.62. The summed E-state index contributed by atoms with van der Waals surface area (Å²) in [6, 6.07) is 9.18. The summed E-state index contributed by atoms with van der Waals surface area (Å²) in [5, 5.41) is 15.2. The lowest BCUT2D eigenvalue weighted by Crippen LogP contribution is -2.40. The van der Waals surface area contributed by atoms with Gasteiger partial charge in [0, 0.05) is 19.2 Å². The fourth-order valence-corrected chi connectivity index (χ4v) is 4.05. The predicted molar refractivity (Wildman–Crippen MR) is 100 cm³/mol. The molecule has 1 fully saturated rings. The SMILES string of the molecule is O=[N+]([O-])c1cc(S(=O)(=O)N2CCOCC2)ccc1N/N=C/c1cccc(F)c1. The van der Waals surface area contributed by atoms with Crippen molar-refractivity contribution in [2.45, 2.75) is 4.90 Å². The van der Waals surface area contributed by atoms with Gasteiger partial charge in [-0.15, -0.1) is 0 Å². The molecular weight excluding hydrogens is 391 g/mol. The number of sulfonamides is 1. The molecule has 28 heavy (non-hydrogen) atoms. The smallest absolute Gasteiger partial charge is 0.295 e. The second kappa shape index (κ2) is 8.42. The number of nitro groups is 1. The van der Waals surface area contributed by atoms with E-state index in [9.17, 15) is 22.9 Å². The maximum Gasteiger partial charge on any atom is 0.295 e. The molecule has 11 heteroatoms. The van der Waals surface area contributed by atoms with Gasteiger partial charge in [-0.2, -0.15) is 9.41 Å². The first kappa shape index (κ1) is 19.9. The first-order valence-electron chi connectivity index (χ1n) is 8.29. The van der Waals surface area contributed by atoms with Crippen molar-refractivity contribution in [2.75, 3.05) is 31.7 Å². The third-order valence-electron chi connectivity index (χ3n) is 4.02. The van der Waals surface area contributed by atoms with Crippen LogP contribution in [0, 0.1) is 15.9 Å². The van der Waals surface area contributed by atoms with E-state index in [1.165, 1.54) is 40.9 Å². The van der Waals surface area contributed by atoms with E-state index < -0.39 is 26.5 Å². The lowest BCUT2D eigenvalue weighted by Gasteiger charge is -2.26. The molecule has 1 N–H and O–H groups in total. The van der Waals surface area contributed by atoms with Crippen LogP contribution in [0.15, 0.2) is 52.5 Å². The molecule has 1 aliphatic rings. The Morgan fingerprint density at radius 2 is 1.96 bits per heavy atom. The maximum absolute atomic E-state index is 13.2. The van der Waals surface area contributed by atoms with Crippen molar-refractivity contribution in [3.05, 3.63) is 64.0 Å². The average Bonchev–Trinajstić information content (AvgIpc) is 2.68. The summed E-state index contributed by atoms with van der Waals surface area (Å²) >= 11 is 0. The number of nitrogens with one attached hydrogen (secondary N) is 1. The Morgan fingerprint density at radius 1 is 1.21 bits per heavy atom. The zero-order valence-electron chi connectivity index (χ0n) is 14.6. The molecule has 0 unspecified atom stereocenters. The predicted octanol–water partition coefficient (Wildman–Crippen LogP) is 2.20. The van der Waals surface area contributed by atoms with Crippen molar-refractivity contribution < 1.29 is 22.5 Å². The highest BCUT2D eigenvalue weighted by molar-refractivity contribution is 7.89. The van der Waals surface area contributed by atoms with E-state index in [2.05, 4.69) is 10.5 Å². The zero-order valence-corrected chi connectivity index (χ0v) is 15.4. The summed E-state index contributed by atoms with van der Waals surface area (Å²) in [6.07, 6.45) is 1.30. The number of hydrogen-bond acceptors (Lipinski definition) is 7. The van der Waals surface area contributed by atoms with Gasteiger partial charge >= 0.3 is 0 Å². The Labute approximate surface area is 160 Å². The van der Waals surface area contributed by atoms with E-state index in [0.717, 1.165) is 6.07 Å². The van der Waals surface area contributed by atoms with E-state index in [4.69, 9.17) is 4.74 Å². The normalized spacial score (nSPS) is 15.6. The minimum absolute atomic E-state index is 0.0126. The van der Waals surface area contributed by atoms with Crippen LogP contribution in [-0.4, -0.2) is 50.2 Å². The van der Waals surface area contributed by atoms with Crippen LogP contribution in [0.3, 0.4) is 0 Å². The molecule has 0 aromatic heterocycles. The highest BCUT2D eigenvalue weighted by Crippen LogP contribution is 2.29. The van der Waals surface area contributed by atoms with Gasteiger partial charge in [0.15, 0.2) is 0 Å². The number of ether oxygens (including phenoxy) is 1. The van der Waals surface area contributed by atoms with E-state index in [0.29, 0.717) is 5.56 Å². The molecule has 0 bridgehead atoms. The van der Waals surface area contributed by atoms with E-state index in [1.54, 1.807) is 6.07 Å². The lowest BCUT2D eigenvalue weighted by molar-refractivity contribution is -0.384. The summed E-state index contributed by atoms with van der Waals surface area (Å²) < 4.78 is 44.9. The summed E-state index contributed by atoms with van der Waals surface area (Å²) in [6.45, 7) is 0.924. The molecule has 0 radical (unpaired) electrons. The van der Waals surface area contributed by atoms with Gasteiger partial charge in [-0.25, -0.2) is 12.8 Å². The Balaban J connectivity index is 1.84. The molecule has 2 aromatic rings. The minimum Gasteiger partial charge on any atom is -0.379 e. The summed E-state index contributed by atoms with van der Waals surface area (Å²) in [5.74, 6) is -0.437. The number of rotatable bonds is 6. The first-order chi connectivity index (χ1) is 13.4. The van der Waals surface area contributed by atoms with Crippen LogP contribution in [0.2, 0.25) is 0 Å². The Kier molecular flexibility index (Phi) is 5.97. The van der Waals surface area contributed by atoms with Crippen LogP contribution < -0.4 is 5.43 Å². The van der Waals surface area contributed by atoms with E-state index >= 15 is 0 Å². The number of nitrogens with zero attached hydrogens (tertiary/aromatic N) is 3. The quantitative estimate of drug-likeness (QED) is 0.445. The highest BCUT2D eigenvalue weighted by Gasteiger charge is 2.28. The van der Waals surface area contributed by atoms with Gasteiger partial charge in [0.1, 0.15) is 11.5 Å². The second-order valence-electron chi connectivity index (χ2n) is 5.88. The molecule has 1 heterocycles. The zero-order chi connectivity index (χ0) is 20.1. The van der Waals surface area contributed by atoms with Crippen molar-refractivity contribution in [1.82, 2.24) is 4.31 Å². The van der Waals surface area contributed by atoms with Crippen LogP contribution in [0.25, 0.3) is 0 Å². The molecule has 1 saturated heterocycles. The maximum atomic E-state index is 13.2. The van der Waals surface area contributed by atoms with Gasteiger partial charge in [0.25, 0.3) is 5.69 Å². The molecule has 148 valence electrons. The fraction of sp³-hybridized carbons (Fsp3) is 0.235. The number of morpholine rings is 1. The Bertz CT molecular complexity index is 1010. The van der Waals surface area contributed by atoms with Gasteiger partial charge in [-0.1, -0.05) is 12.1 Å². The summed E-state index contributed by atoms with van der Waals surface area (Å²) in [4.78, 5) is 10.5. The van der Waals surface area contributed by atoms with E-state index in [-0.39, 0.29) is 36.9 Å². The number of halogens is 1. The van der Waals surface area contributed by atoms with Gasteiger partial charge in [-0.3, -0.25) is 15.5 Å². The van der Waals surface area contributed by atoms with Crippen LogP contribution in [0.5, 0.6) is 0 Å². The van der Waals surface area contributed by atoms with Crippen LogP contribution in [-0.2, 0) is 14.8 Å². The number of hydrogen-bond donors (Lipinski definition) is 1. The number of anilines is 1. The number of benzene rings is 2. The average molecular weight is 408 g/mol. The van der Waals surface area contributed by atoms with Crippen molar-refractivity contribution in [2.24, 2.45) is 5.10 Å². The van der Waals surface area contributed by atoms with Crippen molar-refractivity contribution in [1.29, 1.82) is 0 Å². The molecule has 2 aromatic carbocycles. The first-order valence-corrected chi connectivity index (χ1v) is 9.73.